The molecule has 0 aliphatic heterocycles. The molecule has 0 fully saturated rings. The fourth-order valence-electron chi connectivity index (χ4n) is 1.43. The van der Waals surface area contributed by atoms with Crippen molar-refractivity contribution >= 4 is 32.0 Å². The van der Waals surface area contributed by atoms with Crippen LogP contribution < -0.4 is 0 Å². The molecule has 15 heavy (non-hydrogen) atoms. The number of hydrogen-bond acceptors (Lipinski definition) is 1. The summed E-state index contributed by atoms with van der Waals surface area (Å²) in [7, 11) is 0. The van der Waals surface area contributed by atoms with Crippen LogP contribution >= 0.6 is 12.2 Å². The van der Waals surface area contributed by atoms with E-state index in [0.29, 0.717) is 0 Å². The topological polar surface area (TPSA) is 0 Å². The monoisotopic (exact) mass is 277 g/mol. The van der Waals surface area contributed by atoms with Gasteiger partial charge in [-0.2, -0.15) is 0 Å². The molecular weight excluding hydrogens is 267 g/mol. The standard InChI is InChI=1S/C13H10SSe/c14-13(15)12-8-6-11(7-9-12)10-4-2-1-3-5-10/h1-9H,(H,14,15)/p-1. The number of benzene rings is 2. The van der Waals surface area contributed by atoms with Crippen molar-refractivity contribution in [3.63, 3.8) is 0 Å². The Morgan fingerprint density at radius 2 is 1.33 bits per heavy atom. The summed E-state index contributed by atoms with van der Waals surface area (Å²) in [6.45, 7) is 0. The van der Waals surface area contributed by atoms with Crippen molar-refractivity contribution < 1.29 is 0 Å². The minimum atomic E-state index is 0.814. The molecule has 0 heterocycles. The molecule has 0 atom stereocenters. The molecule has 0 aliphatic carbocycles. The first-order valence-electron chi connectivity index (χ1n) is 4.64. The van der Waals surface area contributed by atoms with Crippen LogP contribution in [0.25, 0.3) is 11.1 Å². The van der Waals surface area contributed by atoms with Crippen LogP contribution in [-0.4, -0.2) is 19.8 Å². The van der Waals surface area contributed by atoms with Gasteiger partial charge in [-0.3, -0.25) is 0 Å². The maximum atomic E-state index is 5.07. The van der Waals surface area contributed by atoms with E-state index < -0.39 is 0 Å². The van der Waals surface area contributed by atoms with E-state index >= 15 is 0 Å². The summed E-state index contributed by atoms with van der Waals surface area (Å²) in [6, 6.07) is 18.6. The Balaban J connectivity index is 2.36. The van der Waals surface area contributed by atoms with Crippen LogP contribution in [0.1, 0.15) is 5.56 Å². The predicted octanol–water partition coefficient (Wildman–Crippen LogP) is 3.20. The third-order valence-corrected chi connectivity index (χ3v) is 2.96. The molecule has 2 aromatic carbocycles. The van der Waals surface area contributed by atoms with Crippen molar-refractivity contribution in [2.75, 3.05) is 0 Å². The molecule has 2 rings (SSSR count). The molecule has 2 aromatic rings. The van der Waals surface area contributed by atoms with Gasteiger partial charge in [0.15, 0.2) is 0 Å². The van der Waals surface area contributed by atoms with Crippen LogP contribution in [-0.2, 0) is 0 Å². The van der Waals surface area contributed by atoms with E-state index in [4.69, 9.17) is 12.2 Å². The quantitative estimate of drug-likeness (QED) is 0.599. The van der Waals surface area contributed by atoms with Gasteiger partial charge in [0.25, 0.3) is 0 Å². The van der Waals surface area contributed by atoms with Gasteiger partial charge in [-0.05, 0) is 0 Å². The van der Waals surface area contributed by atoms with E-state index in [2.05, 4.69) is 40.3 Å². The molecule has 0 saturated heterocycles. The molecule has 0 aliphatic rings. The summed E-state index contributed by atoms with van der Waals surface area (Å²) in [5.74, 6) is 0. The van der Waals surface area contributed by atoms with Gasteiger partial charge in [0.1, 0.15) is 0 Å². The zero-order valence-corrected chi connectivity index (χ0v) is 10.5. The van der Waals surface area contributed by atoms with Crippen molar-refractivity contribution in [3.05, 3.63) is 60.2 Å². The molecule has 2 heteroatoms. The van der Waals surface area contributed by atoms with E-state index in [1.54, 1.807) is 0 Å². The Morgan fingerprint density at radius 3 is 1.87 bits per heavy atom. The van der Waals surface area contributed by atoms with Crippen molar-refractivity contribution in [2.45, 2.75) is 0 Å². The second kappa shape index (κ2) is 4.71. The van der Waals surface area contributed by atoms with Crippen molar-refractivity contribution in [1.29, 1.82) is 0 Å². The van der Waals surface area contributed by atoms with E-state index in [9.17, 15) is 0 Å². The minimum absolute atomic E-state index is 0.814. The molecule has 0 radical (unpaired) electrons. The maximum absolute atomic E-state index is 5.07. The fourth-order valence-corrected chi connectivity index (χ4v) is 1.85. The number of rotatable bonds is 2. The number of thiocarbonyl (C=S) groups is 1. The summed E-state index contributed by atoms with van der Waals surface area (Å²) in [5.41, 5.74) is 3.52. The van der Waals surface area contributed by atoms with Crippen LogP contribution in [0.5, 0.6) is 0 Å². The second-order valence-electron chi connectivity index (χ2n) is 3.23. The van der Waals surface area contributed by atoms with Gasteiger partial charge in [0, 0.05) is 0 Å². The third-order valence-electron chi connectivity index (χ3n) is 2.23. The van der Waals surface area contributed by atoms with Crippen LogP contribution in [0.15, 0.2) is 54.6 Å². The first-order chi connectivity index (χ1) is 7.27. The molecule has 0 amide bonds. The first kappa shape index (κ1) is 10.6. The Hall–Kier alpha value is -0.951. The van der Waals surface area contributed by atoms with Gasteiger partial charge in [0.2, 0.25) is 0 Å². The van der Waals surface area contributed by atoms with E-state index in [0.717, 1.165) is 9.33 Å². The molecule has 74 valence electrons. The summed E-state index contributed by atoms with van der Waals surface area (Å²) in [4.78, 5) is 0. The summed E-state index contributed by atoms with van der Waals surface area (Å²) in [6.07, 6.45) is 0. The Morgan fingerprint density at radius 1 is 0.800 bits per heavy atom. The molecule has 0 aromatic heterocycles. The summed E-state index contributed by atoms with van der Waals surface area (Å²) in [5, 5.41) is 0. The van der Waals surface area contributed by atoms with Crippen LogP contribution in [0.3, 0.4) is 0 Å². The van der Waals surface area contributed by atoms with Crippen LogP contribution in [0, 0.1) is 0 Å². The van der Waals surface area contributed by atoms with E-state index in [1.165, 1.54) is 11.1 Å². The van der Waals surface area contributed by atoms with Crippen molar-refractivity contribution in [1.82, 2.24) is 0 Å². The second-order valence-corrected chi connectivity index (χ2v) is 5.08. The van der Waals surface area contributed by atoms with Gasteiger partial charge in [-0.25, -0.2) is 0 Å². The fraction of sp³-hybridized carbons (Fsp3) is 0. The predicted molar refractivity (Wildman–Crippen MR) is 69.3 cm³/mol. The molecule has 0 spiro atoms. The van der Waals surface area contributed by atoms with Crippen LogP contribution in [0.4, 0.5) is 0 Å². The average molecular weight is 276 g/mol. The Labute approximate surface area is 103 Å². The normalized spacial score (nSPS) is 9.87. The summed E-state index contributed by atoms with van der Waals surface area (Å²) >= 11 is 7.91. The van der Waals surface area contributed by atoms with Crippen molar-refractivity contribution in [2.24, 2.45) is 0 Å². The van der Waals surface area contributed by atoms with Crippen LogP contribution in [0.2, 0.25) is 0 Å². The molecule has 0 bridgehead atoms. The van der Waals surface area contributed by atoms with Gasteiger partial charge < -0.3 is 0 Å². The zero-order chi connectivity index (χ0) is 10.7. The van der Waals surface area contributed by atoms with Crippen molar-refractivity contribution in [3.8, 4) is 11.1 Å². The Bertz CT molecular complexity index is 460. The zero-order valence-electron chi connectivity index (χ0n) is 8.01. The average Bonchev–Trinajstić information content (AvgIpc) is 2.30. The third kappa shape index (κ3) is 2.54. The Kier molecular flexibility index (Phi) is 3.32. The van der Waals surface area contributed by atoms with Gasteiger partial charge >= 0.3 is 103 Å². The van der Waals surface area contributed by atoms with E-state index in [1.807, 2.05) is 30.3 Å². The number of hydrogen-bond donors (Lipinski definition) is 0. The van der Waals surface area contributed by atoms with Gasteiger partial charge in [-0.15, -0.1) is 0 Å². The first-order valence-corrected chi connectivity index (χ1v) is 5.91. The van der Waals surface area contributed by atoms with E-state index in [-0.39, 0.29) is 0 Å². The molecule has 0 N–H and O–H groups in total. The summed E-state index contributed by atoms with van der Waals surface area (Å²) < 4.78 is 0.814. The molecule has 0 saturated carbocycles. The molecule has 0 nitrogen and oxygen atoms in total. The van der Waals surface area contributed by atoms with Gasteiger partial charge in [0.05, 0.1) is 0 Å². The molecular formula is C13H9SSe-. The SMILES string of the molecule is S=C([Se-])c1ccc(-c2ccccc2)cc1. The van der Waals surface area contributed by atoms with Gasteiger partial charge in [-0.1, -0.05) is 0 Å². The molecule has 0 unspecified atom stereocenters.